The molecule has 20 heteroatoms. The first-order chi connectivity index (χ1) is 49.4. The fraction of sp³-hybridized carbons (Fsp3) is 0.885. The monoisotopic (exact) mass is 1520 g/mol. The van der Waals surface area contributed by atoms with Crippen molar-refractivity contribution in [1.82, 2.24) is 0 Å². The number of hydrogen-bond donors (Lipinski definition) is 5. The van der Waals surface area contributed by atoms with Crippen molar-refractivity contribution in [2.45, 2.75) is 364 Å². The maximum atomic E-state index is 8.74. The molecule has 0 heterocycles. The second-order valence-corrected chi connectivity index (χ2v) is 36.9. The van der Waals surface area contributed by atoms with E-state index in [9.17, 15) is 0 Å². The van der Waals surface area contributed by atoms with Crippen LogP contribution >= 0.6 is 0 Å². The highest BCUT2D eigenvalue weighted by Gasteiger charge is 2.44. The predicted octanol–water partition coefficient (Wildman–Crippen LogP) is 26.1. The van der Waals surface area contributed by atoms with Crippen molar-refractivity contribution in [3.63, 3.8) is 0 Å². The minimum Gasteiger partial charge on any atom is -0.411 e. The van der Waals surface area contributed by atoms with Gasteiger partial charge in [-0.1, -0.05) is 287 Å². The molecule has 634 valence electrons. The molecule has 0 amide bonds. The third-order valence-corrected chi connectivity index (χ3v) is 17.2. The average Bonchev–Trinajstić information content (AvgIpc) is 1.66. The van der Waals surface area contributed by atoms with Gasteiger partial charge >= 0.3 is 0 Å². The smallest absolute Gasteiger partial charge is 0.106 e. The summed E-state index contributed by atoms with van der Waals surface area (Å²) in [6.45, 7) is 72.8. The first-order valence-corrected chi connectivity index (χ1v) is 41.0. The maximum Gasteiger partial charge on any atom is 0.106 e. The van der Waals surface area contributed by atoms with Gasteiger partial charge in [-0.05, 0) is 199 Å². The Morgan fingerprint density at radius 3 is 0.879 bits per heavy atom. The lowest BCUT2D eigenvalue weighted by atomic mass is 9.85. The van der Waals surface area contributed by atoms with Gasteiger partial charge in [0.15, 0.2) is 0 Å². The Morgan fingerprint density at radius 2 is 0.636 bits per heavy atom. The van der Waals surface area contributed by atoms with Gasteiger partial charge in [-0.3, -0.25) is 0 Å². The molecule has 0 spiro atoms. The Bertz CT molecular complexity index is 2400. The zero-order valence-electron chi connectivity index (χ0n) is 77.0. The molecule has 5 N–H and O–H groups in total. The zero-order chi connectivity index (χ0) is 84.6. The first-order valence-electron chi connectivity index (χ1n) is 41.0. The molecule has 0 saturated heterocycles. The normalized spacial score (nSPS) is 16.3. The van der Waals surface area contributed by atoms with Crippen molar-refractivity contribution in [2.24, 2.45) is 156 Å². The van der Waals surface area contributed by atoms with E-state index in [-0.39, 0.29) is 16.2 Å². The number of nitrogens with zero attached hydrogens (tertiary/aromatic N) is 10. The fourth-order valence-electron chi connectivity index (χ4n) is 10.2. The minimum atomic E-state index is -0.000972. The summed E-state index contributed by atoms with van der Waals surface area (Å²) in [5.41, 5.74) is 11.4. The highest BCUT2D eigenvalue weighted by molar-refractivity contribution is 5.93. The van der Waals surface area contributed by atoms with E-state index in [1.807, 2.05) is 20.8 Å². The Morgan fingerprint density at radius 1 is 0.318 bits per heavy atom. The lowest BCUT2D eigenvalue weighted by molar-refractivity contribution is 0.207. The fourth-order valence-corrected chi connectivity index (χ4v) is 10.2. The van der Waals surface area contributed by atoms with Gasteiger partial charge < -0.3 is 50.2 Å². The molecule has 0 aromatic heterocycles. The van der Waals surface area contributed by atoms with Crippen molar-refractivity contribution < 1.29 is 50.2 Å². The summed E-state index contributed by atoms with van der Waals surface area (Å²) in [5.74, 6) is 8.52. The predicted molar refractivity (Wildman–Crippen MR) is 462 cm³/mol. The average molecular weight is 1520 g/mol. The van der Waals surface area contributed by atoms with E-state index in [0.717, 1.165) is 129 Å². The molecule has 0 radical (unpaired) electrons. The Balaban J connectivity index is -0.000000265. The SMILES string of the molecule is CC(C)CC(=NO)C(C)(C)C.CC(C)CC(=NO)C(C)C.CC(C)CC(=NO)C1(C)CC1.CC(C)CC(=NO)C1CC1.CCC(CC(C)C)=NO.CCC(CC(C)C)=NOC.CON=C(CC(C)C)C(C)(C)C.CON=C(CC(C)C)C(C)C.CON=C(CC(C)C)C1(C)CC1.CON=C(CC(C)C)C1CC1. The summed E-state index contributed by atoms with van der Waals surface area (Å²) in [6.07, 6.45) is 21.7. The lowest BCUT2D eigenvalue weighted by Gasteiger charge is -2.21. The van der Waals surface area contributed by atoms with Crippen LogP contribution in [0.3, 0.4) is 0 Å². The number of oxime groups is 10. The van der Waals surface area contributed by atoms with Gasteiger partial charge in [-0.2, -0.15) is 0 Å². The van der Waals surface area contributed by atoms with E-state index in [1.165, 1.54) is 62.8 Å². The van der Waals surface area contributed by atoms with Crippen LogP contribution in [0.1, 0.15) is 364 Å². The summed E-state index contributed by atoms with van der Waals surface area (Å²) in [6, 6.07) is 0. The van der Waals surface area contributed by atoms with Crippen LogP contribution in [0.5, 0.6) is 0 Å². The van der Waals surface area contributed by atoms with Crippen LogP contribution < -0.4 is 0 Å². The van der Waals surface area contributed by atoms with Crippen molar-refractivity contribution in [3.8, 4) is 0 Å². The molecule has 0 unspecified atom stereocenters. The van der Waals surface area contributed by atoms with Gasteiger partial charge in [0.1, 0.15) is 35.5 Å². The molecule has 4 saturated carbocycles. The Hall–Kier alpha value is -5.30. The van der Waals surface area contributed by atoms with E-state index < -0.39 is 0 Å². The molecule has 0 aromatic rings. The molecule has 4 fully saturated rings. The molecule has 4 aliphatic carbocycles. The zero-order valence-corrected chi connectivity index (χ0v) is 77.0. The largest absolute Gasteiger partial charge is 0.411 e. The second kappa shape index (κ2) is 63.4. The molecule has 0 bridgehead atoms. The Labute approximate surface area is 659 Å². The van der Waals surface area contributed by atoms with Crippen LogP contribution in [-0.4, -0.2) is 119 Å². The molecule has 107 heavy (non-hydrogen) atoms. The highest BCUT2D eigenvalue weighted by Crippen LogP contribution is 2.48. The van der Waals surface area contributed by atoms with Crippen LogP contribution in [0.2, 0.25) is 0 Å². The summed E-state index contributed by atoms with van der Waals surface area (Å²) in [4.78, 5) is 23.9. The van der Waals surface area contributed by atoms with E-state index in [1.54, 1.807) is 35.5 Å². The number of hydrogen-bond acceptors (Lipinski definition) is 20. The van der Waals surface area contributed by atoms with Gasteiger partial charge in [0, 0.05) is 33.5 Å². The molecule has 0 aromatic carbocycles. The van der Waals surface area contributed by atoms with Crippen molar-refractivity contribution in [3.05, 3.63) is 0 Å². The topological polar surface area (TPSA) is 271 Å². The maximum absolute atomic E-state index is 8.74. The highest BCUT2D eigenvalue weighted by atomic mass is 16.6. The minimum absolute atomic E-state index is 0.000972. The van der Waals surface area contributed by atoms with E-state index in [0.29, 0.717) is 82.3 Å². The summed E-state index contributed by atoms with van der Waals surface area (Å²) >= 11 is 0. The molecule has 0 atom stereocenters. The molecule has 4 rings (SSSR count). The Kier molecular flexibility index (Phi) is 66.7. The van der Waals surface area contributed by atoms with Crippen LogP contribution in [0.15, 0.2) is 51.6 Å². The quantitative estimate of drug-likeness (QED) is 0.0235. The first kappa shape index (κ1) is 113. The van der Waals surface area contributed by atoms with Gasteiger partial charge in [-0.25, -0.2) is 0 Å². The third kappa shape index (κ3) is 68.5. The molecule has 4 aliphatic rings. The van der Waals surface area contributed by atoms with E-state index in [2.05, 4.69) is 271 Å². The summed E-state index contributed by atoms with van der Waals surface area (Å²) in [5, 5.41) is 79.4. The van der Waals surface area contributed by atoms with E-state index in [4.69, 9.17) is 45.4 Å². The van der Waals surface area contributed by atoms with Crippen LogP contribution in [-0.2, 0) is 24.2 Å². The standard InChI is InChI=1S/C10H19NO.C10H21NO.2C9H17NO.2C9H19NO.C8H15NO.2C8H17NO.C7H15NO/c1-8(2)7-9(11-12-4)10(3)5-6-10;1-8(2)7-9(11-12-6)10(3,4)5;1-7(2)6-8(10-11)9(3)4-5-9;1-7(2)6-9(10-11-3)8-4-5-8;1-7(2)6-8(10-11)9(3,4)5;1-7(2)6-9(8(3)4)10-11-5;1-6(2)5-8(9-10)7-3-4-7;1-6(2)5-8(9-10)7(3)4;1-5-8(9-10-4)6-7(2)3;1-4-7(8-9)5-6(2)3/h8H,5-7H2,1-4H3;8H,7H2,1-6H3;7,11H,4-6H2,1-3H3;7-8H,4-6H2,1-3H3;7,11H,6H2,1-5H3;7-8H,6H2,1-5H3;6-7,10H,3-5H2,1-2H3;6-7,10H,5H2,1-4H3;7H,5-6H2,1-4H3;6,9H,4-5H2,1-3H3. The van der Waals surface area contributed by atoms with E-state index >= 15 is 0 Å². The number of rotatable bonds is 33. The van der Waals surface area contributed by atoms with Crippen molar-refractivity contribution in [2.75, 3.05) is 35.5 Å². The van der Waals surface area contributed by atoms with Gasteiger partial charge in [0.2, 0.25) is 0 Å². The molecule has 0 aliphatic heterocycles. The van der Waals surface area contributed by atoms with Crippen LogP contribution in [0, 0.1) is 105 Å². The van der Waals surface area contributed by atoms with Crippen molar-refractivity contribution in [1.29, 1.82) is 0 Å². The lowest BCUT2D eigenvalue weighted by Crippen LogP contribution is -2.22. The van der Waals surface area contributed by atoms with Gasteiger partial charge in [0.05, 0.1) is 57.1 Å². The summed E-state index contributed by atoms with van der Waals surface area (Å²) < 4.78 is 0. The third-order valence-electron chi connectivity index (χ3n) is 17.2. The van der Waals surface area contributed by atoms with Crippen LogP contribution in [0.4, 0.5) is 0 Å². The molecular formula is C87H176N10O10. The summed E-state index contributed by atoms with van der Waals surface area (Å²) in [7, 11) is 8.06. The second-order valence-electron chi connectivity index (χ2n) is 36.9. The van der Waals surface area contributed by atoms with Gasteiger partial charge in [-0.15, -0.1) is 0 Å². The molecule has 20 nitrogen and oxygen atoms in total. The van der Waals surface area contributed by atoms with Crippen LogP contribution in [0.25, 0.3) is 0 Å². The van der Waals surface area contributed by atoms with Crippen molar-refractivity contribution >= 4 is 57.1 Å². The molecular weight excluding hydrogens is 1350 g/mol. The van der Waals surface area contributed by atoms with Gasteiger partial charge in [0.25, 0.3) is 0 Å².